The second-order valence-corrected chi connectivity index (χ2v) is 6.59. The van der Waals surface area contributed by atoms with Crippen LogP contribution in [0.3, 0.4) is 0 Å². The van der Waals surface area contributed by atoms with E-state index in [4.69, 9.17) is 4.74 Å². The van der Waals surface area contributed by atoms with Crippen LogP contribution < -0.4 is 20.7 Å². The second-order valence-electron chi connectivity index (χ2n) is 6.59. The molecule has 24 heavy (non-hydrogen) atoms. The lowest BCUT2D eigenvalue weighted by molar-refractivity contribution is -0.120. The van der Waals surface area contributed by atoms with E-state index in [2.05, 4.69) is 29.8 Å². The van der Waals surface area contributed by atoms with Gasteiger partial charge in [0.15, 0.2) is 0 Å². The largest absolute Gasteiger partial charge is 0.493 e. The first kappa shape index (κ1) is 19.8. The molecule has 0 fully saturated rings. The molecule has 3 amide bonds. The molecular formula is C18H29N3O3. The van der Waals surface area contributed by atoms with E-state index in [9.17, 15) is 9.59 Å². The molecule has 0 aliphatic heterocycles. The number of nitrogens with one attached hydrogen (secondary N) is 3. The van der Waals surface area contributed by atoms with Crippen LogP contribution in [-0.2, 0) is 11.3 Å². The lowest BCUT2D eigenvalue weighted by Gasteiger charge is -2.11. The van der Waals surface area contributed by atoms with Crippen molar-refractivity contribution in [1.29, 1.82) is 0 Å². The molecule has 0 saturated carbocycles. The van der Waals surface area contributed by atoms with Crippen molar-refractivity contribution in [3.8, 4) is 5.75 Å². The number of hydrogen-bond acceptors (Lipinski definition) is 3. The van der Waals surface area contributed by atoms with Gasteiger partial charge < -0.3 is 20.7 Å². The average molecular weight is 335 g/mol. The zero-order valence-corrected chi connectivity index (χ0v) is 15.0. The number of ether oxygens (including phenoxy) is 1. The first-order chi connectivity index (χ1) is 11.4. The summed E-state index contributed by atoms with van der Waals surface area (Å²) in [6, 6.07) is 7.23. The highest BCUT2D eigenvalue weighted by Gasteiger charge is 2.06. The molecule has 0 aliphatic carbocycles. The SMILES string of the molecule is CC(C)CNC(=O)CNC(=O)NCc1cccc(OCC(C)C)c1. The number of carbonyl (C=O) groups excluding carboxylic acids is 2. The number of urea groups is 1. The minimum Gasteiger partial charge on any atom is -0.493 e. The number of carbonyl (C=O) groups is 2. The van der Waals surface area contributed by atoms with Crippen molar-refractivity contribution < 1.29 is 14.3 Å². The van der Waals surface area contributed by atoms with Crippen molar-refractivity contribution >= 4 is 11.9 Å². The lowest BCUT2D eigenvalue weighted by Crippen LogP contribution is -2.42. The molecule has 0 aliphatic rings. The molecule has 0 heterocycles. The maximum atomic E-state index is 11.7. The Morgan fingerprint density at radius 1 is 1.04 bits per heavy atom. The Morgan fingerprint density at radius 3 is 2.46 bits per heavy atom. The third-order valence-corrected chi connectivity index (χ3v) is 3.05. The molecule has 0 bridgehead atoms. The van der Waals surface area contributed by atoms with Gasteiger partial charge in [0.2, 0.25) is 5.91 Å². The van der Waals surface area contributed by atoms with Crippen molar-refractivity contribution in [1.82, 2.24) is 16.0 Å². The van der Waals surface area contributed by atoms with Crippen LogP contribution >= 0.6 is 0 Å². The first-order valence-corrected chi connectivity index (χ1v) is 8.37. The summed E-state index contributed by atoms with van der Waals surface area (Å²) in [5.74, 6) is 1.44. The van der Waals surface area contributed by atoms with E-state index in [0.29, 0.717) is 31.5 Å². The quantitative estimate of drug-likeness (QED) is 0.648. The van der Waals surface area contributed by atoms with Crippen LogP contribution in [0.4, 0.5) is 4.79 Å². The van der Waals surface area contributed by atoms with Crippen LogP contribution in [0.25, 0.3) is 0 Å². The molecule has 1 rings (SSSR count). The molecular weight excluding hydrogens is 306 g/mol. The molecule has 0 atom stereocenters. The fourth-order valence-corrected chi connectivity index (χ4v) is 1.79. The molecule has 6 nitrogen and oxygen atoms in total. The zero-order chi connectivity index (χ0) is 17.9. The highest BCUT2D eigenvalue weighted by atomic mass is 16.5. The van der Waals surface area contributed by atoms with Gasteiger partial charge in [-0.3, -0.25) is 4.79 Å². The molecule has 0 saturated heterocycles. The van der Waals surface area contributed by atoms with Crippen LogP contribution in [0.2, 0.25) is 0 Å². The molecule has 3 N–H and O–H groups in total. The van der Waals surface area contributed by atoms with Gasteiger partial charge in [-0.25, -0.2) is 4.79 Å². The standard InChI is InChI=1S/C18H29N3O3/c1-13(2)9-19-17(22)11-21-18(23)20-10-15-6-5-7-16(8-15)24-12-14(3)4/h5-8,13-14H,9-12H2,1-4H3,(H,19,22)(H2,20,21,23). The number of benzene rings is 1. The number of amides is 3. The van der Waals surface area contributed by atoms with Crippen molar-refractivity contribution in [2.24, 2.45) is 11.8 Å². The Hall–Kier alpha value is -2.24. The maximum Gasteiger partial charge on any atom is 0.315 e. The van der Waals surface area contributed by atoms with Gasteiger partial charge in [-0.15, -0.1) is 0 Å². The first-order valence-electron chi connectivity index (χ1n) is 8.37. The fourth-order valence-electron chi connectivity index (χ4n) is 1.79. The summed E-state index contributed by atoms with van der Waals surface area (Å²) in [5.41, 5.74) is 0.940. The minimum atomic E-state index is -0.372. The molecule has 6 heteroatoms. The highest BCUT2D eigenvalue weighted by molar-refractivity contribution is 5.83. The third-order valence-electron chi connectivity index (χ3n) is 3.05. The second kappa shape index (κ2) is 10.5. The topological polar surface area (TPSA) is 79.5 Å². The Morgan fingerprint density at radius 2 is 1.79 bits per heavy atom. The van der Waals surface area contributed by atoms with Gasteiger partial charge in [0.25, 0.3) is 0 Å². The van der Waals surface area contributed by atoms with Crippen molar-refractivity contribution in [2.45, 2.75) is 34.2 Å². The zero-order valence-electron chi connectivity index (χ0n) is 15.0. The van der Waals surface area contributed by atoms with Crippen molar-refractivity contribution in [3.63, 3.8) is 0 Å². The maximum absolute atomic E-state index is 11.7. The minimum absolute atomic E-state index is 0.0317. The van der Waals surface area contributed by atoms with Crippen molar-refractivity contribution in [3.05, 3.63) is 29.8 Å². The van der Waals surface area contributed by atoms with Gasteiger partial charge in [-0.1, -0.05) is 39.8 Å². The van der Waals surface area contributed by atoms with Gasteiger partial charge >= 0.3 is 6.03 Å². The Bertz CT molecular complexity index is 530. The Labute approximate surface area is 144 Å². The van der Waals surface area contributed by atoms with Crippen molar-refractivity contribution in [2.75, 3.05) is 19.7 Å². The molecule has 0 unspecified atom stereocenters. The van der Waals surface area contributed by atoms with E-state index in [1.807, 2.05) is 38.1 Å². The van der Waals surface area contributed by atoms with E-state index in [1.54, 1.807) is 0 Å². The van der Waals surface area contributed by atoms with Crippen LogP contribution in [0, 0.1) is 11.8 Å². The fraction of sp³-hybridized carbons (Fsp3) is 0.556. The van der Waals surface area contributed by atoms with E-state index in [-0.39, 0.29) is 18.5 Å². The monoisotopic (exact) mass is 335 g/mol. The summed E-state index contributed by atoms with van der Waals surface area (Å²) in [5, 5.41) is 8.01. The highest BCUT2D eigenvalue weighted by Crippen LogP contribution is 2.14. The Balaban J connectivity index is 2.31. The predicted octanol–water partition coefficient (Wildman–Crippen LogP) is 2.29. The normalized spacial score (nSPS) is 10.6. The summed E-state index contributed by atoms with van der Waals surface area (Å²) in [4.78, 5) is 23.3. The summed E-state index contributed by atoms with van der Waals surface area (Å²) < 4.78 is 5.66. The number of hydrogen-bond donors (Lipinski definition) is 3. The van der Waals surface area contributed by atoms with Gasteiger partial charge in [0.05, 0.1) is 13.2 Å². The van der Waals surface area contributed by atoms with Gasteiger partial charge in [0.1, 0.15) is 5.75 Å². The molecule has 0 spiro atoms. The summed E-state index contributed by atoms with van der Waals surface area (Å²) in [6.45, 7) is 9.81. The van der Waals surface area contributed by atoms with Crippen LogP contribution in [0.1, 0.15) is 33.3 Å². The van der Waals surface area contributed by atoms with E-state index in [1.165, 1.54) is 0 Å². The molecule has 134 valence electrons. The van der Waals surface area contributed by atoms with Crippen LogP contribution in [0.5, 0.6) is 5.75 Å². The van der Waals surface area contributed by atoms with E-state index >= 15 is 0 Å². The molecule has 0 radical (unpaired) electrons. The van der Waals surface area contributed by atoms with Crippen LogP contribution in [-0.4, -0.2) is 31.6 Å². The average Bonchev–Trinajstić information content (AvgIpc) is 2.54. The van der Waals surface area contributed by atoms with Gasteiger partial charge in [0, 0.05) is 13.1 Å². The molecule has 1 aromatic rings. The lowest BCUT2D eigenvalue weighted by atomic mass is 10.2. The molecule has 1 aromatic carbocycles. The van der Waals surface area contributed by atoms with Gasteiger partial charge in [-0.2, -0.15) is 0 Å². The summed E-state index contributed by atoms with van der Waals surface area (Å²) in [6.07, 6.45) is 0. The van der Waals surface area contributed by atoms with E-state index in [0.717, 1.165) is 11.3 Å². The smallest absolute Gasteiger partial charge is 0.315 e. The van der Waals surface area contributed by atoms with E-state index < -0.39 is 0 Å². The van der Waals surface area contributed by atoms with Crippen LogP contribution in [0.15, 0.2) is 24.3 Å². The Kier molecular flexibility index (Phi) is 8.68. The predicted molar refractivity (Wildman–Crippen MR) is 94.9 cm³/mol. The summed E-state index contributed by atoms with van der Waals surface area (Å²) >= 11 is 0. The summed E-state index contributed by atoms with van der Waals surface area (Å²) in [7, 11) is 0. The third kappa shape index (κ3) is 9.02. The molecule has 0 aromatic heterocycles. The van der Waals surface area contributed by atoms with Gasteiger partial charge in [-0.05, 0) is 29.5 Å². The number of rotatable bonds is 9.